The van der Waals surface area contributed by atoms with Gasteiger partial charge in [0.25, 0.3) is 0 Å². The first-order chi connectivity index (χ1) is 13.1. The van der Waals surface area contributed by atoms with E-state index in [4.69, 9.17) is 17.0 Å². The van der Waals surface area contributed by atoms with Crippen LogP contribution in [-0.4, -0.2) is 21.2 Å². The number of ether oxygens (including phenoxy) is 1. The van der Waals surface area contributed by atoms with Gasteiger partial charge in [0.15, 0.2) is 5.11 Å². The second-order valence-corrected chi connectivity index (χ2v) is 7.17. The molecule has 0 aliphatic carbocycles. The van der Waals surface area contributed by atoms with Crippen molar-refractivity contribution < 1.29 is 4.74 Å². The quantitative estimate of drug-likeness (QED) is 0.646. The molecular formula is C21H22N4OS. The van der Waals surface area contributed by atoms with Crippen LogP contribution in [-0.2, 0) is 0 Å². The first-order valence-electron chi connectivity index (χ1n) is 9.04. The maximum Gasteiger partial charge on any atom is 0.174 e. The first-order valence-corrected chi connectivity index (χ1v) is 9.45. The molecule has 1 aromatic carbocycles. The zero-order valence-electron chi connectivity index (χ0n) is 15.3. The van der Waals surface area contributed by atoms with E-state index in [0.29, 0.717) is 5.11 Å². The molecule has 0 radical (unpaired) electrons. The summed E-state index contributed by atoms with van der Waals surface area (Å²) in [7, 11) is 0. The van der Waals surface area contributed by atoms with Crippen LogP contribution in [0.2, 0.25) is 0 Å². The summed E-state index contributed by atoms with van der Waals surface area (Å²) < 4.78 is 5.77. The lowest BCUT2D eigenvalue weighted by Crippen LogP contribution is -2.29. The minimum absolute atomic E-state index is 0.0146. The normalized spacial score (nSPS) is 19.4. The number of aromatic nitrogens is 2. The van der Waals surface area contributed by atoms with Crippen molar-refractivity contribution in [1.82, 2.24) is 15.3 Å². The molecule has 138 valence electrons. The number of hydrogen-bond donors (Lipinski definition) is 2. The van der Waals surface area contributed by atoms with Gasteiger partial charge in [-0.15, -0.1) is 0 Å². The van der Waals surface area contributed by atoms with E-state index >= 15 is 0 Å². The molecular weight excluding hydrogens is 356 g/mol. The van der Waals surface area contributed by atoms with Gasteiger partial charge in [0.2, 0.25) is 0 Å². The number of nitrogens with one attached hydrogen (secondary N) is 2. The van der Waals surface area contributed by atoms with Crippen LogP contribution >= 0.6 is 12.2 Å². The first kappa shape index (κ1) is 17.5. The summed E-state index contributed by atoms with van der Waals surface area (Å²) in [5, 5.41) is 4.13. The van der Waals surface area contributed by atoms with Gasteiger partial charge >= 0.3 is 0 Å². The van der Waals surface area contributed by atoms with Crippen LogP contribution in [0.25, 0.3) is 0 Å². The fourth-order valence-electron chi connectivity index (χ4n) is 3.43. The predicted octanol–water partition coefficient (Wildman–Crippen LogP) is 4.37. The van der Waals surface area contributed by atoms with Gasteiger partial charge in [0.05, 0.1) is 17.8 Å². The molecule has 0 spiro atoms. The number of rotatable bonds is 5. The second kappa shape index (κ2) is 7.40. The molecule has 27 heavy (non-hydrogen) atoms. The van der Waals surface area contributed by atoms with Crippen LogP contribution in [0.4, 0.5) is 5.69 Å². The molecule has 0 amide bonds. The Hall–Kier alpha value is -2.86. The Morgan fingerprint density at radius 3 is 2.52 bits per heavy atom. The largest absolute Gasteiger partial charge is 0.491 e. The Bertz CT molecular complexity index is 894. The van der Waals surface area contributed by atoms with Crippen molar-refractivity contribution in [2.24, 2.45) is 0 Å². The van der Waals surface area contributed by atoms with E-state index < -0.39 is 0 Å². The summed E-state index contributed by atoms with van der Waals surface area (Å²) in [4.78, 5) is 10.0. The van der Waals surface area contributed by atoms with Crippen LogP contribution in [0.1, 0.15) is 37.3 Å². The number of thiocarbonyl (C=S) groups is 1. The molecule has 6 heteroatoms. The standard InChI is InChI=1S/C21H22N4OS/c1-14(2)26-16-10-8-15(9-11-16)25-20(18-7-5-13-23-18)19(24-21(25)27)17-6-3-4-12-22-17/h3-14,19-20,23H,1-2H3,(H,24,27)/t19-,20-/m0/s1. The lowest BCUT2D eigenvalue weighted by Gasteiger charge is -2.27. The summed E-state index contributed by atoms with van der Waals surface area (Å²) in [6.45, 7) is 4.04. The van der Waals surface area contributed by atoms with Gasteiger partial charge < -0.3 is 19.9 Å². The average Bonchev–Trinajstić information content (AvgIpc) is 3.30. The van der Waals surface area contributed by atoms with Crippen molar-refractivity contribution in [1.29, 1.82) is 0 Å². The van der Waals surface area contributed by atoms with Gasteiger partial charge in [-0.05, 0) is 74.6 Å². The zero-order chi connectivity index (χ0) is 18.8. The number of aromatic amines is 1. The lowest BCUT2D eigenvalue weighted by molar-refractivity contribution is 0.242. The molecule has 0 bridgehead atoms. The average molecular weight is 379 g/mol. The highest BCUT2D eigenvalue weighted by Gasteiger charge is 2.41. The molecule has 3 heterocycles. The Morgan fingerprint density at radius 2 is 1.89 bits per heavy atom. The fraction of sp³-hybridized carbons (Fsp3) is 0.238. The summed E-state index contributed by atoms with van der Waals surface area (Å²) in [5.74, 6) is 0.851. The summed E-state index contributed by atoms with van der Waals surface area (Å²) >= 11 is 5.70. The maximum atomic E-state index is 5.77. The van der Waals surface area contributed by atoms with Gasteiger partial charge in [-0.2, -0.15) is 0 Å². The van der Waals surface area contributed by atoms with Crippen molar-refractivity contribution in [3.8, 4) is 5.75 Å². The van der Waals surface area contributed by atoms with Gasteiger partial charge in [-0.1, -0.05) is 6.07 Å². The number of hydrogen-bond acceptors (Lipinski definition) is 3. The summed E-state index contributed by atoms with van der Waals surface area (Å²) in [5.41, 5.74) is 3.06. The highest BCUT2D eigenvalue weighted by Crippen LogP contribution is 2.41. The predicted molar refractivity (Wildman–Crippen MR) is 111 cm³/mol. The molecule has 1 fully saturated rings. The van der Waals surface area contributed by atoms with E-state index in [1.165, 1.54) is 0 Å². The van der Waals surface area contributed by atoms with Crippen LogP contribution in [0, 0.1) is 0 Å². The minimum Gasteiger partial charge on any atom is -0.491 e. The van der Waals surface area contributed by atoms with Crippen molar-refractivity contribution in [3.05, 3.63) is 78.4 Å². The van der Waals surface area contributed by atoms with E-state index in [0.717, 1.165) is 22.8 Å². The number of benzene rings is 1. The minimum atomic E-state index is -0.0380. The number of nitrogens with zero attached hydrogens (tertiary/aromatic N) is 2. The van der Waals surface area contributed by atoms with Gasteiger partial charge in [-0.25, -0.2) is 0 Å². The molecule has 4 rings (SSSR count). The van der Waals surface area contributed by atoms with Crippen molar-refractivity contribution in [3.63, 3.8) is 0 Å². The molecule has 2 atom stereocenters. The van der Waals surface area contributed by atoms with E-state index in [1.807, 2.05) is 74.8 Å². The summed E-state index contributed by atoms with van der Waals surface area (Å²) in [6.07, 6.45) is 3.89. The smallest absolute Gasteiger partial charge is 0.174 e. The van der Waals surface area contributed by atoms with Gasteiger partial charge in [-0.3, -0.25) is 4.98 Å². The molecule has 1 aliphatic rings. The number of anilines is 1. The second-order valence-electron chi connectivity index (χ2n) is 6.78. The highest BCUT2D eigenvalue weighted by atomic mass is 32.1. The molecule has 0 unspecified atom stereocenters. The third-order valence-corrected chi connectivity index (χ3v) is 4.84. The third kappa shape index (κ3) is 3.53. The summed E-state index contributed by atoms with van der Waals surface area (Å²) in [6, 6.07) is 18.0. The number of H-pyrrole nitrogens is 1. The van der Waals surface area contributed by atoms with Crippen LogP contribution in [0.5, 0.6) is 5.75 Å². The monoisotopic (exact) mass is 378 g/mol. The van der Waals surface area contributed by atoms with Gasteiger partial charge in [0, 0.05) is 23.8 Å². The number of pyridine rings is 1. The van der Waals surface area contributed by atoms with Gasteiger partial charge in [0.1, 0.15) is 11.8 Å². The van der Waals surface area contributed by atoms with E-state index in [1.54, 1.807) is 0 Å². The highest BCUT2D eigenvalue weighted by molar-refractivity contribution is 7.80. The molecule has 0 saturated carbocycles. The fourth-order valence-corrected chi connectivity index (χ4v) is 3.78. The van der Waals surface area contributed by atoms with Crippen LogP contribution in [0.3, 0.4) is 0 Å². The maximum absolute atomic E-state index is 5.77. The van der Waals surface area contributed by atoms with Crippen molar-refractivity contribution in [2.45, 2.75) is 32.0 Å². The third-order valence-electron chi connectivity index (χ3n) is 4.53. The Labute approximate surface area is 164 Å². The topological polar surface area (TPSA) is 53.2 Å². The molecule has 3 aromatic rings. The van der Waals surface area contributed by atoms with E-state index in [9.17, 15) is 0 Å². The molecule has 5 nitrogen and oxygen atoms in total. The Kier molecular flexibility index (Phi) is 4.81. The van der Waals surface area contributed by atoms with Crippen LogP contribution in [0.15, 0.2) is 67.0 Å². The van der Waals surface area contributed by atoms with E-state index in [2.05, 4.69) is 26.3 Å². The lowest BCUT2D eigenvalue weighted by atomic mass is 10.0. The van der Waals surface area contributed by atoms with Crippen molar-refractivity contribution >= 4 is 23.0 Å². The molecule has 1 aliphatic heterocycles. The molecule has 1 saturated heterocycles. The SMILES string of the molecule is CC(C)Oc1ccc(N2C(=S)N[C@@H](c3ccccn3)[C@@H]2c2ccc[nH]2)cc1. The molecule has 2 aromatic heterocycles. The Balaban J connectivity index is 1.71. The van der Waals surface area contributed by atoms with E-state index in [-0.39, 0.29) is 18.2 Å². The Morgan fingerprint density at radius 1 is 1.07 bits per heavy atom. The molecule has 2 N–H and O–H groups in total. The van der Waals surface area contributed by atoms with Crippen LogP contribution < -0.4 is 15.0 Å². The zero-order valence-corrected chi connectivity index (χ0v) is 16.1. The van der Waals surface area contributed by atoms with Crippen molar-refractivity contribution in [2.75, 3.05) is 4.90 Å².